The third kappa shape index (κ3) is 5.04. The summed E-state index contributed by atoms with van der Waals surface area (Å²) in [6.45, 7) is 0.702. The molecule has 1 aliphatic carbocycles. The molecule has 1 saturated carbocycles. The van der Waals surface area contributed by atoms with E-state index in [9.17, 15) is 13.2 Å². The van der Waals surface area contributed by atoms with Crippen LogP contribution in [0.2, 0.25) is 0 Å². The van der Waals surface area contributed by atoms with Crippen molar-refractivity contribution >= 4 is 21.6 Å². The first-order valence-electron chi connectivity index (χ1n) is 7.30. The molecule has 0 bridgehead atoms. The largest absolute Gasteiger partial charge is 0.338 e. The van der Waals surface area contributed by atoms with Gasteiger partial charge < -0.3 is 10.6 Å². The molecule has 0 unspecified atom stereocenters. The van der Waals surface area contributed by atoms with Crippen LogP contribution in [0, 0.1) is 5.92 Å². The van der Waals surface area contributed by atoms with E-state index in [1.165, 1.54) is 44.2 Å². The highest BCUT2D eigenvalue weighted by molar-refractivity contribution is 7.90. The van der Waals surface area contributed by atoms with Crippen LogP contribution in [-0.2, 0) is 9.84 Å². The molecule has 5 nitrogen and oxygen atoms in total. The smallest absolute Gasteiger partial charge is 0.319 e. The molecule has 0 spiro atoms. The maximum absolute atomic E-state index is 11.8. The maximum atomic E-state index is 11.8. The molecule has 0 atom stereocenters. The van der Waals surface area contributed by atoms with E-state index in [0.717, 1.165) is 6.26 Å². The zero-order valence-electron chi connectivity index (χ0n) is 12.3. The van der Waals surface area contributed by atoms with Crippen molar-refractivity contribution in [1.82, 2.24) is 5.32 Å². The second-order valence-electron chi connectivity index (χ2n) is 5.64. The highest BCUT2D eigenvalue weighted by atomic mass is 32.2. The van der Waals surface area contributed by atoms with Crippen LogP contribution in [0.25, 0.3) is 0 Å². The fourth-order valence-corrected chi connectivity index (χ4v) is 3.22. The molecular formula is C15H22N2O3S. The van der Waals surface area contributed by atoms with Crippen LogP contribution in [-0.4, -0.2) is 27.2 Å². The van der Waals surface area contributed by atoms with Crippen LogP contribution in [0.15, 0.2) is 29.2 Å². The van der Waals surface area contributed by atoms with Crippen LogP contribution in [0.4, 0.5) is 10.5 Å². The highest BCUT2D eigenvalue weighted by Gasteiger charge is 2.14. The summed E-state index contributed by atoms with van der Waals surface area (Å²) < 4.78 is 22.7. The number of hydrogen-bond acceptors (Lipinski definition) is 3. The number of carbonyl (C=O) groups is 1. The average molecular weight is 310 g/mol. The number of hydrogen-bond donors (Lipinski definition) is 2. The van der Waals surface area contributed by atoms with Crippen LogP contribution >= 0.6 is 0 Å². The van der Waals surface area contributed by atoms with Crippen molar-refractivity contribution < 1.29 is 13.2 Å². The van der Waals surface area contributed by atoms with Gasteiger partial charge in [0.1, 0.15) is 0 Å². The number of benzene rings is 1. The standard InChI is InChI=1S/C15H22N2O3S/c1-21(19,20)14-9-7-13(8-10-14)17-15(18)16-11-12-5-3-2-4-6-12/h7-10,12H,2-6,11H2,1H3,(H2,16,17,18). The minimum Gasteiger partial charge on any atom is -0.338 e. The number of rotatable bonds is 4. The topological polar surface area (TPSA) is 75.3 Å². The van der Waals surface area contributed by atoms with Gasteiger partial charge in [-0.2, -0.15) is 0 Å². The summed E-state index contributed by atoms with van der Waals surface area (Å²) in [4.78, 5) is 12.0. The second kappa shape index (κ2) is 6.93. The minimum atomic E-state index is -3.20. The fourth-order valence-electron chi connectivity index (χ4n) is 2.59. The molecule has 6 heteroatoms. The van der Waals surface area contributed by atoms with Gasteiger partial charge in [-0.3, -0.25) is 0 Å². The van der Waals surface area contributed by atoms with Gasteiger partial charge in [-0.05, 0) is 43.0 Å². The molecule has 21 heavy (non-hydrogen) atoms. The molecule has 1 fully saturated rings. The monoisotopic (exact) mass is 310 g/mol. The van der Waals surface area contributed by atoms with Gasteiger partial charge in [-0.1, -0.05) is 19.3 Å². The van der Waals surface area contributed by atoms with Gasteiger partial charge in [0.2, 0.25) is 0 Å². The van der Waals surface area contributed by atoms with E-state index >= 15 is 0 Å². The Hall–Kier alpha value is -1.56. The number of amides is 2. The Bertz CT molecular complexity index is 575. The SMILES string of the molecule is CS(=O)(=O)c1ccc(NC(=O)NCC2CCCCC2)cc1. The van der Waals surface area contributed by atoms with Crippen molar-refractivity contribution in [1.29, 1.82) is 0 Å². The Morgan fingerprint density at radius 3 is 2.33 bits per heavy atom. The van der Waals surface area contributed by atoms with E-state index in [-0.39, 0.29) is 10.9 Å². The van der Waals surface area contributed by atoms with Gasteiger partial charge in [-0.15, -0.1) is 0 Å². The number of anilines is 1. The summed E-state index contributed by atoms with van der Waals surface area (Å²) in [5.41, 5.74) is 0.587. The summed E-state index contributed by atoms with van der Waals surface area (Å²) in [6.07, 6.45) is 7.33. The third-order valence-electron chi connectivity index (χ3n) is 3.82. The Labute approximate surface area is 126 Å². The molecule has 0 radical (unpaired) electrons. The molecular weight excluding hydrogens is 288 g/mol. The molecule has 1 aromatic rings. The average Bonchev–Trinajstić information content (AvgIpc) is 2.46. The number of sulfone groups is 1. The first-order valence-corrected chi connectivity index (χ1v) is 9.19. The summed E-state index contributed by atoms with van der Waals surface area (Å²) >= 11 is 0. The maximum Gasteiger partial charge on any atom is 0.319 e. The lowest BCUT2D eigenvalue weighted by molar-refractivity contribution is 0.247. The number of carbonyl (C=O) groups excluding carboxylic acids is 1. The van der Waals surface area contributed by atoms with E-state index in [1.807, 2.05) is 0 Å². The van der Waals surface area contributed by atoms with E-state index in [0.29, 0.717) is 18.2 Å². The molecule has 0 heterocycles. The van der Waals surface area contributed by atoms with Gasteiger partial charge in [0.15, 0.2) is 9.84 Å². The minimum absolute atomic E-state index is 0.243. The molecule has 2 amide bonds. The molecule has 1 aliphatic rings. The van der Waals surface area contributed by atoms with Crippen molar-refractivity contribution in [2.24, 2.45) is 5.92 Å². The zero-order chi connectivity index (χ0) is 15.3. The van der Waals surface area contributed by atoms with Gasteiger partial charge in [0.05, 0.1) is 4.90 Å². The van der Waals surface area contributed by atoms with Gasteiger partial charge in [0.25, 0.3) is 0 Å². The van der Waals surface area contributed by atoms with Gasteiger partial charge in [-0.25, -0.2) is 13.2 Å². The lowest BCUT2D eigenvalue weighted by atomic mass is 9.89. The lowest BCUT2D eigenvalue weighted by Crippen LogP contribution is -2.33. The summed E-state index contributed by atoms with van der Waals surface area (Å²) in [5.74, 6) is 0.581. The Balaban J connectivity index is 1.82. The normalized spacial score (nSPS) is 16.4. The predicted molar refractivity (Wildman–Crippen MR) is 83.1 cm³/mol. The molecule has 2 N–H and O–H groups in total. The summed E-state index contributed by atoms with van der Waals surface area (Å²) in [7, 11) is -3.20. The molecule has 116 valence electrons. The summed E-state index contributed by atoms with van der Waals surface area (Å²) in [5, 5.41) is 5.59. The van der Waals surface area contributed by atoms with Crippen LogP contribution in [0.5, 0.6) is 0 Å². The second-order valence-corrected chi connectivity index (χ2v) is 7.65. The lowest BCUT2D eigenvalue weighted by Gasteiger charge is -2.21. The van der Waals surface area contributed by atoms with Crippen molar-refractivity contribution in [3.8, 4) is 0 Å². The van der Waals surface area contributed by atoms with Crippen LogP contribution in [0.1, 0.15) is 32.1 Å². The predicted octanol–water partition coefficient (Wildman–Crippen LogP) is 2.79. The fraction of sp³-hybridized carbons (Fsp3) is 0.533. The Morgan fingerprint density at radius 1 is 1.14 bits per heavy atom. The van der Waals surface area contributed by atoms with Crippen molar-refractivity contribution in [3.05, 3.63) is 24.3 Å². The van der Waals surface area contributed by atoms with E-state index < -0.39 is 9.84 Å². The molecule has 0 aliphatic heterocycles. The van der Waals surface area contributed by atoms with E-state index in [1.54, 1.807) is 12.1 Å². The first-order chi connectivity index (χ1) is 9.95. The molecule has 0 aromatic heterocycles. The molecule has 0 saturated heterocycles. The number of nitrogens with one attached hydrogen (secondary N) is 2. The van der Waals surface area contributed by atoms with E-state index in [4.69, 9.17) is 0 Å². The number of urea groups is 1. The third-order valence-corrected chi connectivity index (χ3v) is 4.94. The molecule has 2 rings (SSSR count). The zero-order valence-corrected chi connectivity index (χ0v) is 13.1. The Morgan fingerprint density at radius 2 is 1.76 bits per heavy atom. The van der Waals surface area contributed by atoms with Crippen molar-refractivity contribution in [2.45, 2.75) is 37.0 Å². The van der Waals surface area contributed by atoms with Crippen LogP contribution < -0.4 is 10.6 Å². The quantitative estimate of drug-likeness (QED) is 0.898. The van der Waals surface area contributed by atoms with Crippen molar-refractivity contribution in [2.75, 3.05) is 18.1 Å². The van der Waals surface area contributed by atoms with E-state index in [2.05, 4.69) is 10.6 Å². The first kappa shape index (κ1) is 15.8. The Kier molecular flexibility index (Phi) is 5.22. The van der Waals surface area contributed by atoms with Crippen molar-refractivity contribution in [3.63, 3.8) is 0 Å². The van der Waals surface area contributed by atoms with Crippen LogP contribution in [0.3, 0.4) is 0 Å². The van der Waals surface area contributed by atoms with Gasteiger partial charge in [0, 0.05) is 18.5 Å². The van der Waals surface area contributed by atoms with Gasteiger partial charge >= 0.3 is 6.03 Å². The molecule has 1 aromatic carbocycles. The highest BCUT2D eigenvalue weighted by Crippen LogP contribution is 2.22. The summed E-state index contributed by atoms with van der Waals surface area (Å²) in [6, 6.07) is 5.93.